The van der Waals surface area contributed by atoms with Crippen LogP contribution in [-0.4, -0.2) is 60.0 Å². The van der Waals surface area contributed by atoms with Gasteiger partial charge in [0.25, 0.3) is 10.0 Å². The lowest BCUT2D eigenvalue weighted by atomic mass is 10.0. The minimum absolute atomic E-state index is 0.112. The van der Waals surface area contributed by atoms with Crippen LogP contribution in [0.2, 0.25) is 0 Å². The van der Waals surface area contributed by atoms with Crippen molar-refractivity contribution in [1.82, 2.24) is 18.8 Å². The van der Waals surface area contributed by atoms with Gasteiger partial charge in [0.2, 0.25) is 5.95 Å². The number of benzene rings is 3. The van der Waals surface area contributed by atoms with Gasteiger partial charge in [-0.2, -0.15) is 10.2 Å². The Morgan fingerprint density at radius 1 is 0.977 bits per heavy atom. The molecule has 9 nitrogen and oxygen atoms in total. The highest BCUT2D eigenvalue weighted by Gasteiger charge is 2.23. The molecule has 3 aromatic carbocycles. The topological polar surface area (TPSA) is 107 Å². The second-order valence-corrected chi connectivity index (χ2v) is 12.6. The summed E-state index contributed by atoms with van der Waals surface area (Å²) >= 11 is 0. The van der Waals surface area contributed by atoms with E-state index in [2.05, 4.69) is 28.2 Å². The largest absolute Gasteiger partial charge is 0.367 e. The van der Waals surface area contributed by atoms with Gasteiger partial charge in [0, 0.05) is 49.0 Å². The molecule has 1 N–H and O–H groups in total. The van der Waals surface area contributed by atoms with Gasteiger partial charge in [-0.1, -0.05) is 42.8 Å². The normalized spacial score (nSPS) is 14.1. The molecule has 0 amide bonds. The van der Waals surface area contributed by atoms with Crippen LogP contribution in [0.15, 0.2) is 83.9 Å². The number of piperazine rings is 1. The summed E-state index contributed by atoms with van der Waals surface area (Å²) in [5.74, 6) is -0.253. The van der Waals surface area contributed by atoms with Crippen molar-refractivity contribution in [3.63, 3.8) is 0 Å². The lowest BCUT2D eigenvalue weighted by Gasteiger charge is -2.35. The number of nitriles is 1. The van der Waals surface area contributed by atoms with Crippen molar-refractivity contribution in [2.45, 2.75) is 25.2 Å². The molecule has 0 atom stereocenters. The summed E-state index contributed by atoms with van der Waals surface area (Å²) in [7, 11) is -3.99. The molecule has 224 valence electrons. The Morgan fingerprint density at radius 3 is 2.45 bits per heavy atom. The summed E-state index contributed by atoms with van der Waals surface area (Å²) in [6, 6.07) is 22.8. The van der Waals surface area contributed by atoms with Crippen molar-refractivity contribution in [3.05, 3.63) is 95.9 Å². The van der Waals surface area contributed by atoms with Gasteiger partial charge in [-0.15, -0.1) is 0 Å². The third-order valence-corrected chi connectivity index (χ3v) is 9.62. The average molecular weight is 610 g/mol. The number of nitrogens with zero attached hydrogens (tertiary/aromatic N) is 6. The number of aryl methyl sites for hydroxylation is 1. The van der Waals surface area contributed by atoms with Gasteiger partial charge < -0.3 is 15.1 Å². The Labute approximate surface area is 256 Å². The third kappa shape index (κ3) is 5.74. The fourth-order valence-electron chi connectivity index (χ4n) is 5.48. The van der Waals surface area contributed by atoms with Crippen molar-refractivity contribution in [1.29, 1.82) is 5.26 Å². The van der Waals surface area contributed by atoms with E-state index in [1.54, 1.807) is 42.5 Å². The monoisotopic (exact) mass is 609 g/mol. The van der Waals surface area contributed by atoms with Crippen LogP contribution >= 0.6 is 0 Å². The zero-order valence-electron chi connectivity index (χ0n) is 24.5. The van der Waals surface area contributed by atoms with Crippen molar-refractivity contribution in [2.75, 3.05) is 42.9 Å². The number of hydrogen-bond acceptors (Lipinski definition) is 8. The molecule has 1 fully saturated rings. The smallest absolute Gasteiger partial charge is 0.269 e. The molecule has 3 heterocycles. The quantitative estimate of drug-likeness (QED) is 0.238. The number of hydrogen-bond donors (Lipinski definition) is 1. The summed E-state index contributed by atoms with van der Waals surface area (Å²) in [4.78, 5) is 13.9. The van der Waals surface area contributed by atoms with Crippen LogP contribution in [0.3, 0.4) is 0 Å². The second-order valence-electron chi connectivity index (χ2n) is 10.8. The minimum atomic E-state index is -3.99. The molecule has 5 aromatic rings. The molecular formula is C33H32FN7O2S. The zero-order chi connectivity index (χ0) is 30.8. The highest BCUT2D eigenvalue weighted by atomic mass is 32.2. The first-order valence-corrected chi connectivity index (χ1v) is 15.9. The first-order chi connectivity index (χ1) is 21.3. The van der Waals surface area contributed by atoms with Gasteiger partial charge in [-0.05, 0) is 61.5 Å². The average Bonchev–Trinajstić information content (AvgIpc) is 3.46. The Morgan fingerprint density at radius 2 is 1.75 bits per heavy atom. The molecule has 0 unspecified atom stereocenters. The number of fused-ring (bicyclic) bond motifs is 1. The highest BCUT2D eigenvalue weighted by Crippen LogP contribution is 2.32. The van der Waals surface area contributed by atoms with E-state index in [1.807, 2.05) is 36.1 Å². The molecule has 44 heavy (non-hydrogen) atoms. The molecule has 1 saturated heterocycles. The van der Waals surface area contributed by atoms with Crippen LogP contribution in [0.25, 0.3) is 22.3 Å². The SMILES string of the molecule is CCN1CCN(c2ccc(Nc3nc(-c4cccc(CC#N)c4)c4ccn(S(=O)(=O)c5ccc(C)cc5)c4n3)cc2F)CC1. The van der Waals surface area contributed by atoms with E-state index in [-0.39, 0.29) is 28.7 Å². The van der Waals surface area contributed by atoms with E-state index in [0.717, 1.165) is 47.8 Å². The summed E-state index contributed by atoms with van der Waals surface area (Å²) in [5.41, 5.74) is 4.07. The van der Waals surface area contributed by atoms with Crippen LogP contribution in [0.4, 0.5) is 21.7 Å². The van der Waals surface area contributed by atoms with E-state index < -0.39 is 10.0 Å². The molecule has 0 aliphatic carbocycles. The predicted octanol–water partition coefficient (Wildman–Crippen LogP) is 5.73. The predicted molar refractivity (Wildman–Crippen MR) is 170 cm³/mol. The number of halogens is 1. The highest BCUT2D eigenvalue weighted by molar-refractivity contribution is 7.90. The zero-order valence-corrected chi connectivity index (χ0v) is 25.4. The first-order valence-electron chi connectivity index (χ1n) is 14.5. The Kier molecular flexibility index (Phi) is 8.03. The van der Waals surface area contributed by atoms with Crippen molar-refractivity contribution in [2.24, 2.45) is 0 Å². The van der Waals surface area contributed by atoms with Gasteiger partial charge in [-0.3, -0.25) is 0 Å². The molecule has 0 spiro atoms. The number of likely N-dealkylation sites (N-methyl/N-ethyl adjacent to an activating group) is 1. The number of rotatable bonds is 8. The summed E-state index contributed by atoms with van der Waals surface area (Å²) in [6.07, 6.45) is 1.68. The maximum atomic E-state index is 15.4. The van der Waals surface area contributed by atoms with E-state index in [9.17, 15) is 13.7 Å². The van der Waals surface area contributed by atoms with Gasteiger partial charge in [0.15, 0.2) is 5.65 Å². The second kappa shape index (κ2) is 12.1. The van der Waals surface area contributed by atoms with Gasteiger partial charge in [0.1, 0.15) is 5.82 Å². The Balaban J connectivity index is 1.42. The lowest BCUT2D eigenvalue weighted by molar-refractivity contribution is 0.270. The van der Waals surface area contributed by atoms with Gasteiger partial charge in [0.05, 0.1) is 28.8 Å². The maximum absolute atomic E-state index is 15.4. The van der Waals surface area contributed by atoms with E-state index in [4.69, 9.17) is 4.98 Å². The molecule has 0 saturated carbocycles. The fraction of sp³-hybridized carbons (Fsp3) is 0.242. The third-order valence-electron chi connectivity index (χ3n) is 7.94. The van der Waals surface area contributed by atoms with Crippen LogP contribution < -0.4 is 10.2 Å². The van der Waals surface area contributed by atoms with Crippen molar-refractivity contribution >= 4 is 38.4 Å². The molecule has 0 radical (unpaired) electrons. The summed E-state index contributed by atoms with van der Waals surface area (Å²) in [6.45, 7) is 8.25. The van der Waals surface area contributed by atoms with Crippen LogP contribution in [0.1, 0.15) is 18.1 Å². The molecule has 0 bridgehead atoms. The number of aromatic nitrogens is 3. The molecule has 6 rings (SSSR count). The van der Waals surface area contributed by atoms with E-state index in [0.29, 0.717) is 28.0 Å². The standard InChI is InChI=1S/C33H32FN7O2S/c1-3-39-17-19-40(20-18-39)30-12-9-26(22-29(30)34)36-33-37-31(25-6-4-5-24(21-25)13-15-35)28-14-16-41(32(28)38-33)44(42,43)27-10-7-23(2)8-11-27/h4-12,14,16,21-22H,3,13,17-20H2,1-2H3,(H,36,37,38). The molecule has 1 aliphatic heterocycles. The number of anilines is 3. The molecule has 2 aromatic heterocycles. The van der Waals surface area contributed by atoms with Crippen LogP contribution in [0, 0.1) is 24.1 Å². The van der Waals surface area contributed by atoms with Gasteiger partial charge in [-0.25, -0.2) is 21.8 Å². The summed E-state index contributed by atoms with van der Waals surface area (Å²) < 4.78 is 44.0. The first kappa shape index (κ1) is 29.3. The van der Waals surface area contributed by atoms with Crippen molar-refractivity contribution in [3.8, 4) is 17.3 Å². The minimum Gasteiger partial charge on any atom is -0.367 e. The lowest BCUT2D eigenvalue weighted by Crippen LogP contribution is -2.46. The number of nitrogens with one attached hydrogen (secondary N) is 1. The van der Waals surface area contributed by atoms with Crippen LogP contribution in [-0.2, 0) is 16.4 Å². The Hall–Kier alpha value is -4.79. The summed E-state index contributed by atoms with van der Waals surface area (Å²) in [5, 5.41) is 12.9. The maximum Gasteiger partial charge on any atom is 0.269 e. The van der Waals surface area contributed by atoms with Crippen LogP contribution in [0.5, 0.6) is 0 Å². The molecule has 1 aliphatic rings. The van der Waals surface area contributed by atoms with Crippen molar-refractivity contribution < 1.29 is 12.8 Å². The molecule has 11 heteroatoms. The Bertz CT molecular complexity index is 1980. The van der Waals surface area contributed by atoms with Gasteiger partial charge >= 0.3 is 0 Å². The fourth-order valence-corrected chi connectivity index (χ4v) is 6.78. The van der Waals surface area contributed by atoms with E-state index >= 15 is 4.39 Å². The molecular weight excluding hydrogens is 577 g/mol. The van der Waals surface area contributed by atoms with E-state index in [1.165, 1.54) is 12.3 Å².